The van der Waals surface area contributed by atoms with Gasteiger partial charge in [0.25, 0.3) is 0 Å². The smallest absolute Gasteiger partial charge is 0.340 e. The molecular formula is C18H19ClFNO5. The molecule has 6 nitrogen and oxygen atoms in total. The molecule has 0 aliphatic carbocycles. The van der Waals surface area contributed by atoms with Crippen molar-refractivity contribution < 1.29 is 28.2 Å². The van der Waals surface area contributed by atoms with Gasteiger partial charge in [0, 0.05) is 10.6 Å². The van der Waals surface area contributed by atoms with Gasteiger partial charge in [0.15, 0.2) is 0 Å². The van der Waals surface area contributed by atoms with Gasteiger partial charge >= 0.3 is 11.9 Å². The van der Waals surface area contributed by atoms with Crippen molar-refractivity contribution in [3.63, 3.8) is 0 Å². The summed E-state index contributed by atoms with van der Waals surface area (Å²) in [5.41, 5.74) is 5.53. The number of benzene rings is 1. The molecule has 1 aliphatic rings. The summed E-state index contributed by atoms with van der Waals surface area (Å²) in [6.07, 6.45) is 0. The van der Waals surface area contributed by atoms with E-state index in [4.69, 9.17) is 31.5 Å². The molecule has 1 aliphatic heterocycles. The third-order valence-corrected chi connectivity index (χ3v) is 4.09. The van der Waals surface area contributed by atoms with Crippen molar-refractivity contribution in [2.45, 2.75) is 26.7 Å². The van der Waals surface area contributed by atoms with Crippen molar-refractivity contribution in [2.75, 3.05) is 13.2 Å². The molecule has 1 atom stereocenters. The molecule has 8 heteroatoms. The molecule has 0 saturated carbocycles. The minimum absolute atomic E-state index is 0.0288. The number of esters is 2. The van der Waals surface area contributed by atoms with Crippen LogP contribution in [0.4, 0.5) is 4.39 Å². The number of ether oxygens (including phenoxy) is 3. The molecule has 1 aromatic carbocycles. The Labute approximate surface area is 155 Å². The lowest BCUT2D eigenvalue weighted by Gasteiger charge is -2.29. The third-order valence-electron chi connectivity index (χ3n) is 3.76. The summed E-state index contributed by atoms with van der Waals surface area (Å²) in [5.74, 6) is -3.69. The van der Waals surface area contributed by atoms with E-state index in [1.54, 1.807) is 13.8 Å². The minimum atomic E-state index is -1.21. The van der Waals surface area contributed by atoms with Crippen LogP contribution in [0.1, 0.15) is 32.3 Å². The van der Waals surface area contributed by atoms with E-state index >= 15 is 0 Å². The highest BCUT2D eigenvalue weighted by Gasteiger charge is 2.42. The molecule has 0 bridgehead atoms. The Morgan fingerprint density at radius 2 is 1.77 bits per heavy atom. The molecule has 0 aromatic heterocycles. The van der Waals surface area contributed by atoms with Gasteiger partial charge in [-0.25, -0.2) is 14.0 Å². The van der Waals surface area contributed by atoms with E-state index < -0.39 is 23.7 Å². The summed E-state index contributed by atoms with van der Waals surface area (Å²) in [4.78, 5) is 25.0. The average Bonchev–Trinajstić information content (AvgIpc) is 2.54. The maximum atomic E-state index is 14.6. The van der Waals surface area contributed by atoms with Crippen LogP contribution in [-0.4, -0.2) is 25.2 Å². The van der Waals surface area contributed by atoms with Gasteiger partial charge in [-0.1, -0.05) is 17.7 Å². The Morgan fingerprint density at radius 3 is 2.31 bits per heavy atom. The summed E-state index contributed by atoms with van der Waals surface area (Å²) in [5, 5.41) is 0.0288. The van der Waals surface area contributed by atoms with Crippen LogP contribution >= 0.6 is 11.6 Å². The maximum absolute atomic E-state index is 14.6. The first-order valence-corrected chi connectivity index (χ1v) is 8.37. The van der Waals surface area contributed by atoms with E-state index in [1.165, 1.54) is 25.1 Å². The van der Waals surface area contributed by atoms with E-state index in [0.717, 1.165) is 0 Å². The van der Waals surface area contributed by atoms with Crippen molar-refractivity contribution in [3.05, 3.63) is 57.4 Å². The summed E-state index contributed by atoms with van der Waals surface area (Å²) >= 11 is 6.18. The van der Waals surface area contributed by atoms with Crippen LogP contribution in [0.3, 0.4) is 0 Å². The molecule has 1 aromatic rings. The molecule has 0 spiro atoms. The van der Waals surface area contributed by atoms with Crippen LogP contribution in [0, 0.1) is 5.82 Å². The molecule has 26 heavy (non-hydrogen) atoms. The van der Waals surface area contributed by atoms with Crippen LogP contribution in [0.15, 0.2) is 41.0 Å². The first-order chi connectivity index (χ1) is 12.3. The molecule has 0 saturated heterocycles. The number of allylic oxidation sites excluding steroid dienone is 1. The lowest BCUT2D eigenvalue weighted by Crippen LogP contribution is -2.30. The normalized spacial score (nSPS) is 17.0. The lowest BCUT2D eigenvalue weighted by molar-refractivity contribution is -0.140. The maximum Gasteiger partial charge on any atom is 0.340 e. The highest BCUT2D eigenvalue weighted by atomic mass is 35.5. The summed E-state index contributed by atoms with van der Waals surface area (Å²) in [6.45, 7) is 4.85. The molecular weight excluding hydrogens is 365 g/mol. The highest BCUT2D eigenvalue weighted by molar-refractivity contribution is 6.31. The van der Waals surface area contributed by atoms with Gasteiger partial charge in [0.1, 0.15) is 17.1 Å². The average molecular weight is 384 g/mol. The SMILES string of the molecule is CCOC(=O)C1=C(C)OC(N)=C(C(=O)OCC)[C@@H]1c1c(F)cccc1Cl. The standard InChI is InChI=1S/C18H19ClFNO5/c1-4-24-17(22)12-9(3)26-16(21)15(18(23)25-5-2)14(12)13-10(19)7-6-8-11(13)20/h6-8,14H,4-5,21H2,1-3H3/t14-/m0/s1. The number of carbonyl (C=O) groups is 2. The van der Waals surface area contributed by atoms with E-state index in [2.05, 4.69) is 0 Å². The predicted molar refractivity (Wildman–Crippen MR) is 92.4 cm³/mol. The van der Waals surface area contributed by atoms with Gasteiger partial charge in [0.05, 0.1) is 24.7 Å². The zero-order chi connectivity index (χ0) is 19.4. The fourth-order valence-electron chi connectivity index (χ4n) is 2.74. The first-order valence-electron chi connectivity index (χ1n) is 7.99. The van der Waals surface area contributed by atoms with Crippen LogP contribution in [0.5, 0.6) is 0 Å². The van der Waals surface area contributed by atoms with Crippen molar-refractivity contribution in [1.82, 2.24) is 0 Å². The molecule has 0 radical (unpaired) electrons. The van der Waals surface area contributed by atoms with Crippen molar-refractivity contribution >= 4 is 23.5 Å². The number of hydrogen-bond donors (Lipinski definition) is 1. The fourth-order valence-corrected chi connectivity index (χ4v) is 3.01. The zero-order valence-electron chi connectivity index (χ0n) is 14.6. The third kappa shape index (κ3) is 3.67. The Bertz CT molecular complexity index is 743. The van der Waals surface area contributed by atoms with Gasteiger partial charge < -0.3 is 19.9 Å². The van der Waals surface area contributed by atoms with Crippen molar-refractivity contribution in [1.29, 1.82) is 0 Å². The summed E-state index contributed by atoms with van der Waals surface area (Å²) < 4.78 is 30.0. The van der Waals surface area contributed by atoms with Crippen molar-refractivity contribution in [3.8, 4) is 0 Å². The molecule has 0 unspecified atom stereocenters. The fraction of sp³-hybridized carbons (Fsp3) is 0.333. The second kappa shape index (κ2) is 8.23. The highest BCUT2D eigenvalue weighted by Crippen LogP contribution is 2.43. The van der Waals surface area contributed by atoms with Gasteiger partial charge in [-0.15, -0.1) is 0 Å². The summed E-state index contributed by atoms with van der Waals surface area (Å²) in [6, 6.07) is 4.04. The van der Waals surface area contributed by atoms with Crippen LogP contribution in [0.2, 0.25) is 5.02 Å². The van der Waals surface area contributed by atoms with E-state index in [0.29, 0.717) is 0 Å². The second-order valence-corrected chi connectivity index (χ2v) is 5.77. The van der Waals surface area contributed by atoms with E-state index in [1.807, 2.05) is 0 Å². The lowest BCUT2D eigenvalue weighted by atomic mass is 9.82. The van der Waals surface area contributed by atoms with Gasteiger partial charge in [-0.3, -0.25) is 0 Å². The van der Waals surface area contributed by atoms with Crippen molar-refractivity contribution in [2.24, 2.45) is 5.73 Å². The molecule has 0 fully saturated rings. The quantitative estimate of drug-likeness (QED) is 0.786. The van der Waals surface area contributed by atoms with E-state index in [-0.39, 0.29) is 46.6 Å². The number of carbonyl (C=O) groups excluding carboxylic acids is 2. The van der Waals surface area contributed by atoms with Crippen LogP contribution < -0.4 is 5.73 Å². The Kier molecular flexibility index (Phi) is 6.26. The molecule has 2 N–H and O–H groups in total. The van der Waals surface area contributed by atoms with E-state index in [9.17, 15) is 14.0 Å². The second-order valence-electron chi connectivity index (χ2n) is 5.36. The molecule has 0 amide bonds. The monoisotopic (exact) mass is 383 g/mol. The first kappa shape index (κ1) is 19.8. The zero-order valence-corrected chi connectivity index (χ0v) is 15.4. The Morgan fingerprint density at radius 1 is 1.19 bits per heavy atom. The number of halogens is 2. The predicted octanol–water partition coefficient (Wildman–Crippen LogP) is 3.16. The van der Waals surface area contributed by atoms with Crippen LogP contribution in [-0.2, 0) is 23.8 Å². The molecule has 1 heterocycles. The Hall–Kier alpha value is -2.54. The topological polar surface area (TPSA) is 87.9 Å². The van der Waals surface area contributed by atoms with Gasteiger partial charge in [-0.2, -0.15) is 0 Å². The number of nitrogens with two attached hydrogens (primary N) is 1. The number of rotatable bonds is 5. The summed E-state index contributed by atoms with van der Waals surface area (Å²) in [7, 11) is 0. The van der Waals surface area contributed by atoms with Gasteiger partial charge in [-0.05, 0) is 32.9 Å². The van der Waals surface area contributed by atoms with Crippen LogP contribution in [0.25, 0.3) is 0 Å². The molecule has 140 valence electrons. The minimum Gasteiger partial charge on any atom is -0.463 e. The largest absolute Gasteiger partial charge is 0.463 e. The molecule has 2 rings (SSSR count). The number of hydrogen-bond acceptors (Lipinski definition) is 6. The van der Waals surface area contributed by atoms with Gasteiger partial charge in [0.2, 0.25) is 5.88 Å². The Balaban J connectivity index is 2.74.